The number of benzene rings is 1. The molecule has 286 valence electrons. The van der Waals surface area contributed by atoms with E-state index in [4.69, 9.17) is 0 Å². The summed E-state index contributed by atoms with van der Waals surface area (Å²) in [6.45, 7) is 23.2. The van der Waals surface area contributed by atoms with Crippen molar-refractivity contribution in [1.82, 2.24) is 14.5 Å². The molecule has 8 heteroatoms. The quantitative estimate of drug-likeness (QED) is 0.282. The minimum Gasteiger partial charge on any atom is -0.478 e. The van der Waals surface area contributed by atoms with E-state index in [0.717, 1.165) is 49.9 Å². The van der Waals surface area contributed by atoms with E-state index < -0.39 is 16.0 Å². The maximum absolute atomic E-state index is 12.1. The van der Waals surface area contributed by atoms with Crippen LogP contribution in [0.1, 0.15) is 135 Å². The molecule has 0 aromatic heterocycles. The van der Waals surface area contributed by atoms with Gasteiger partial charge in [0.1, 0.15) is 0 Å². The Balaban J connectivity index is 1.10. The van der Waals surface area contributed by atoms with Crippen molar-refractivity contribution in [2.24, 2.45) is 57.2 Å². The zero-order valence-electron chi connectivity index (χ0n) is 33.1. The summed E-state index contributed by atoms with van der Waals surface area (Å²) < 4.78 is 25.8. The number of nitrogens with zero attached hydrogens (tertiary/aromatic N) is 2. The van der Waals surface area contributed by atoms with Gasteiger partial charge in [0, 0.05) is 44.8 Å². The van der Waals surface area contributed by atoms with Crippen molar-refractivity contribution in [1.29, 1.82) is 0 Å². The first-order valence-corrected chi connectivity index (χ1v) is 22.5. The van der Waals surface area contributed by atoms with E-state index in [1.54, 1.807) is 4.31 Å². The third kappa shape index (κ3) is 5.98. The summed E-state index contributed by atoms with van der Waals surface area (Å²) in [6.07, 6.45) is 14.4. The number of carbonyl (C=O) groups is 1. The average molecular weight is 724 g/mol. The number of hydrogen-bond acceptors (Lipinski definition) is 5. The minimum absolute atomic E-state index is 0.161. The Morgan fingerprint density at radius 1 is 0.843 bits per heavy atom. The molecule has 0 spiro atoms. The molecule has 7 rings (SSSR count). The van der Waals surface area contributed by atoms with Crippen molar-refractivity contribution in [2.75, 3.05) is 45.5 Å². The second kappa shape index (κ2) is 13.1. The molecule has 0 amide bonds. The third-order valence-electron chi connectivity index (χ3n) is 17.6. The molecular formula is C43H69N3O4S. The summed E-state index contributed by atoms with van der Waals surface area (Å²) in [5.74, 6) is 3.98. The number of carboxylic acids is 1. The Labute approximate surface area is 310 Å². The van der Waals surface area contributed by atoms with Crippen molar-refractivity contribution in [3.8, 4) is 0 Å². The highest BCUT2D eigenvalue weighted by Crippen LogP contribution is 2.77. The number of hydrogen-bond donors (Lipinski definition) is 2. The lowest BCUT2D eigenvalue weighted by Crippen LogP contribution is -2.68. The van der Waals surface area contributed by atoms with Gasteiger partial charge < -0.3 is 10.4 Å². The van der Waals surface area contributed by atoms with Gasteiger partial charge in [0.05, 0.1) is 11.8 Å². The lowest BCUT2D eigenvalue weighted by molar-refractivity contribution is -0.235. The van der Waals surface area contributed by atoms with E-state index in [1.807, 2.05) is 12.1 Å². The Bertz CT molecular complexity index is 1570. The van der Waals surface area contributed by atoms with Gasteiger partial charge in [0.25, 0.3) is 0 Å². The fraction of sp³-hybridized carbons (Fsp3) is 0.837. The molecule has 1 aromatic carbocycles. The van der Waals surface area contributed by atoms with E-state index in [9.17, 15) is 18.3 Å². The number of rotatable bonds is 8. The standard InChI is InChI=1S/C43H69N3O4S/c1-29(2)32-15-20-43(44-23-24-45-25-27-46(28-26-45)51(8,49)50)22-21-41(6)34(37(32)43)13-14-36-40(5)18-16-33(30-9-11-31(12-10-30)38(47)48)39(3,4)35(40)17-19-42(36,41)7/h9-12,29,32-37,44H,13-28H2,1-8H3,(H,47,48)/t32-,33+,34+,35-,36+,37+,40-,41+,42+,43-/m0/s1. The fourth-order valence-corrected chi connectivity index (χ4v) is 15.7. The first-order chi connectivity index (χ1) is 23.9. The molecule has 0 bridgehead atoms. The molecule has 51 heavy (non-hydrogen) atoms. The molecular weight excluding hydrogens is 655 g/mol. The van der Waals surface area contributed by atoms with Crippen molar-refractivity contribution >= 4 is 16.0 Å². The van der Waals surface area contributed by atoms with Crippen molar-refractivity contribution < 1.29 is 18.3 Å². The molecule has 5 saturated carbocycles. The molecule has 0 unspecified atom stereocenters. The van der Waals surface area contributed by atoms with Gasteiger partial charge in [-0.05, 0) is 145 Å². The van der Waals surface area contributed by atoms with Crippen LogP contribution in [0.25, 0.3) is 0 Å². The highest BCUT2D eigenvalue weighted by atomic mass is 32.2. The second-order valence-electron chi connectivity index (χ2n) is 20.1. The minimum atomic E-state index is -3.10. The third-order valence-corrected chi connectivity index (χ3v) is 18.9. The summed E-state index contributed by atoms with van der Waals surface area (Å²) >= 11 is 0. The number of aromatic carboxylic acids is 1. The number of sulfonamides is 1. The normalized spacial score (nSPS) is 42.8. The zero-order valence-corrected chi connectivity index (χ0v) is 34.0. The van der Waals surface area contributed by atoms with Gasteiger partial charge in [-0.2, -0.15) is 4.31 Å². The number of fused-ring (bicyclic) bond motifs is 7. The largest absolute Gasteiger partial charge is 0.478 e. The molecule has 6 aliphatic rings. The van der Waals surface area contributed by atoms with E-state index >= 15 is 0 Å². The highest BCUT2D eigenvalue weighted by molar-refractivity contribution is 7.88. The Morgan fingerprint density at radius 2 is 1.53 bits per heavy atom. The van der Waals surface area contributed by atoms with Crippen LogP contribution in [-0.4, -0.2) is 79.8 Å². The topological polar surface area (TPSA) is 90.0 Å². The SMILES string of the molecule is CC(C)[C@@H]1CC[C@]2(NCCN3CCN(S(C)(=O)=O)CC3)CC[C@]3(C)[C@H](CC[C@@H]4[C@@]5(C)CC[C@H](c6ccc(C(=O)O)cc6)C(C)(C)[C@@H]5CC[C@]43C)[C@@H]12. The van der Waals surface area contributed by atoms with Crippen LogP contribution >= 0.6 is 0 Å². The van der Waals surface area contributed by atoms with E-state index in [-0.39, 0.29) is 11.0 Å². The van der Waals surface area contributed by atoms with E-state index in [1.165, 1.54) is 76.0 Å². The van der Waals surface area contributed by atoms with Gasteiger partial charge in [-0.15, -0.1) is 0 Å². The van der Waals surface area contributed by atoms with Crippen molar-refractivity contribution in [2.45, 2.75) is 124 Å². The number of piperazine rings is 1. The smallest absolute Gasteiger partial charge is 0.335 e. The Hall–Kier alpha value is -1.48. The predicted octanol–water partition coefficient (Wildman–Crippen LogP) is 8.13. The summed E-state index contributed by atoms with van der Waals surface area (Å²) in [4.78, 5) is 14.1. The van der Waals surface area contributed by atoms with Crippen molar-refractivity contribution in [3.05, 3.63) is 35.4 Å². The van der Waals surface area contributed by atoms with Crippen LogP contribution in [0.3, 0.4) is 0 Å². The monoisotopic (exact) mass is 724 g/mol. The first kappa shape index (κ1) is 37.8. The molecule has 2 N–H and O–H groups in total. The zero-order chi connectivity index (χ0) is 36.8. The van der Waals surface area contributed by atoms with Gasteiger partial charge in [0.2, 0.25) is 10.0 Å². The molecule has 0 radical (unpaired) electrons. The summed E-state index contributed by atoms with van der Waals surface area (Å²) in [6, 6.07) is 7.84. The van der Waals surface area contributed by atoms with E-state index in [2.05, 4.69) is 70.8 Å². The van der Waals surface area contributed by atoms with Gasteiger partial charge in [-0.3, -0.25) is 4.90 Å². The van der Waals surface area contributed by atoms with Gasteiger partial charge in [0.15, 0.2) is 0 Å². The van der Waals surface area contributed by atoms with Gasteiger partial charge >= 0.3 is 5.97 Å². The lowest BCUT2D eigenvalue weighted by Gasteiger charge is -2.73. The Kier molecular flexibility index (Phi) is 9.70. The molecule has 1 heterocycles. The van der Waals surface area contributed by atoms with Crippen LogP contribution in [0.4, 0.5) is 0 Å². The van der Waals surface area contributed by atoms with Crippen LogP contribution in [0.15, 0.2) is 24.3 Å². The molecule has 6 fully saturated rings. The number of nitrogens with one attached hydrogen (secondary N) is 1. The lowest BCUT2D eigenvalue weighted by atomic mass is 9.32. The summed E-state index contributed by atoms with van der Waals surface area (Å²) in [5, 5.41) is 13.8. The molecule has 1 aliphatic heterocycles. The average Bonchev–Trinajstić information content (AvgIpc) is 3.45. The van der Waals surface area contributed by atoms with Crippen LogP contribution in [-0.2, 0) is 10.0 Å². The molecule has 1 aromatic rings. The molecule has 10 atom stereocenters. The maximum atomic E-state index is 12.1. The van der Waals surface area contributed by atoms with Crippen LogP contribution in [0, 0.1) is 57.2 Å². The number of carboxylic acid groups (broad SMARTS) is 1. The summed E-state index contributed by atoms with van der Waals surface area (Å²) in [5.41, 5.74) is 3.10. The molecule has 1 saturated heterocycles. The molecule has 7 nitrogen and oxygen atoms in total. The highest BCUT2D eigenvalue weighted by Gasteiger charge is 2.71. The second-order valence-corrected chi connectivity index (χ2v) is 22.0. The van der Waals surface area contributed by atoms with Gasteiger partial charge in [-0.1, -0.05) is 60.6 Å². The Morgan fingerprint density at radius 3 is 2.16 bits per heavy atom. The van der Waals surface area contributed by atoms with E-state index in [0.29, 0.717) is 52.7 Å². The van der Waals surface area contributed by atoms with Crippen molar-refractivity contribution in [3.63, 3.8) is 0 Å². The molecule has 5 aliphatic carbocycles. The van der Waals surface area contributed by atoms with Crippen LogP contribution in [0.2, 0.25) is 0 Å². The summed E-state index contributed by atoms with van der Waals surface area (Å²) in [7, 11) is -3.10. The predicted molar refractivity (Wildman–Crippen MR) is 206 cm³/mol. The fourth-order valence-electron chi connectivity index (χ4n) is 14.9. The first-order valence-electron chi connectivity index (χ1n) is 20.6. The van der Waals surface area contributed by atoms with Crippen LogP contribution in [0.5, 0.6) is 0 Å². The van der Waals surface area contributed by atoms with Gasteiger partial charge in [-0.25, -0.2) is 13.2 Å². The maximum Gasteiger partial charge on any atom is 0.335 e. The van der Waals surface area contributed by atoms with Crippen LogP contribution < -0.4 is 5.32 Å².